The van der Waals surface area contributed by atoms with E-state index >= 15 is 0 Å². The zero-order valence-electron chi connectivity index (χ0n) is 11.0. The highest BCUT2D eigenvalue weighted by Crippen LogP contribution is 2.36. The lowest BCUT2D eigenvalue weighted by molar-refractivity contribution is -0.122. The first-order chi connectivity index (χ1) is 8.12. The first-order valence-electron chi connectivity index (χ1n) is 6.84. The molecule has 1 heterocycles. The van der Waals surface area contributed by atoms with Gasteiger partial charge in [-0.05, 0) is 19.9 Å². The second-order valence-electron chi connectivity index (χ2n) is 5.72. The maximum atomic E-state index is 11.4. The zero-order chi connectivity index (χ0) is 12.3. The Bertz CT molecular complexity index is 266. The maximum absolute atomic E-state index is 11.4. The average molecular weight is 239 g/mol. The van der Waals surface area contributed by atoms with E-state index in [2.05, 4.69) is 16.8 Å². The minimum absolute atomic E-state index is 0.0886. The molecule has 0 bridgehead atoms. The molecule has 0 unspecified atom stereocenters. The Hall–Kier alpha value is -0.610. The fourth-order valence-electron chi connectivity index (χ4n) is 3.42. The summed E-state index contributed by atoms with van der Waals surface area (Å²) in [6.07, 6.45) is 6.67. The van der Waals surface area contributed by atoms with Crippen LogP contribution in [0.4, 0.5) is 0 Å². The van der Waals surface area contributed by atoms with Crippen LogP contribution in [0.3, 0.4) is 0 Å². The summed E-state index contributed by atoms with van der Waals surface area (Å²) in [5.74, 6) is -0.133. The number of nitrogens with two attached hydrogens (primary N) is 1. The SMILES string of the molecule is CN1CCN(C2(CC(N)=O)CCCCC2)CC1. The molecule has 2 aliphatic rings. The van der Waals surface area contributed by atoms with E-state index in [4.69, 9.17) is 5.73 Å². The molecule has 98 valence electrons. The van der Waals surface area contributed by atoms with Crippen LogP contribution in [0, 0.1) is 0 Å². The molecule has 1 saturated heterocycles. The summed E-state index contributed by atoms with van der Waals surface area (Å²) in [7, 11) is 2.17. The molecule has 0 spiro atoms. The Kier molecular flexibility index (Phi) is 4.05. The van der Waals surface area contributed by atoms with E-state index in [1.165, 1.54) is 19.3 Å². The van der Waals surface area contributed by atoms with E-state index in [1.807, 2.05) is 0 Å². The highest BCUT2D eigenvalue weighted by Gasteiger charge is 2.39. The number of nitrogens with zero attached hydrogens (tertiary/aromatic N) is 2. The standard InChI is InChI=1S/C13H25N3O/c1-15-7-9-16(10-8-15)13(11-12(14)17)5-3-2-4-6-13/h2-11H2,1H3,(H2,14,17). The lowest BCUT2D eigenvalue weighted by Gasteiger charge is -2.49. The molecule has 1 aliphatic heterocycles. The van der Waals surface area contributed by atoms with Gasteiger partial charge in [-0.3, -0.25) is 9.69 Å². The largest absolute Gasteiger partial charge is 0.370 e. The van der Waals surface area contributed by atoms with Crippen LogP contribution in [0.25, 0.3) is 0 Å². The molecule has 0 aromatic carbocycles. The van der Waals surface area contributed by atoms with Crippen LogP contribution in [0.15, 0.2) is 0 Å². The highest BCUT2D eigenvalue weighted by atomic mass is 16.1. The zero-order valence-corrected chi connectivity index (χ0v) is 11.0. The van der Waals surface area contributed by atoms with Gasteiger partial charge in [0.25, 0.3) is 0 Å². The van der Waals surface area contributed by atoms with Crippen molar-refractivity contribution in [3.05, 3.63) is 0 Å². The van der Waals surface area contributed by atoms with Crippen LogP contribution >= 0.6 is 0 Å². The van der Waals surface area contributed by atoms with Crippen LogP contribution in [-0.2, 0) is 4.79 Å². The van der Waals surface area contributed by atoms with Gasteiger partial charge >= 0.3 is 0 Å². The van der Waals surface area contributed by atoms with Gasteiger partial charge in [0.05, 0.1) is 0 Å². The molecule has 1 saturated carbocycles. The molecule has 1 amide bonds. The van der Waals surface area contributed by atoms with Gasteiger partial charge in [0, 0.05) is 38.1 Å². The third-order valence-electron chi connectivity index (χ3n) is 4.46. The molecular weight excluding hydrogens is 214 g/mol. The summed E-state index contributed by atoms with van der Waals surface area (Å²) in [6.45, 7) is 4.40. The van der Waals surface area contributed by atoms with E-state index in [9.17, 15) is 4.79 Å². The fourth-order valence-corrected chi connectivity index (χ4v) is 3.42. The number of hydrogen-bond acceptors (Lipinski definition) is 3. The van der Waals surface area contributed by atoms with Gasteiger partial charge in [0.15, 0.2) is 0 Å². The Morgan fingerprint density at radius 2 is 1.71 bits per heavy atom. The van der Waals surface area contributed by atoms with Crippen molar-refractivity contribution in [2.24, 2.45) is 5.73 Å². The molecule has 0 atom stereocenters. The topological polar surface area (TPSA) is 49.6 Å². The number of carbonyl (C=O) groups is 1. The molecule has 17 heavy (non-hydrogen) atoms. The molecule has 4 heteroatoms. The number of amides is 1. The minimum Gasteiger partial charge on any atom is -0.370 e. The van der Waals surface area contributed by atoms with Crippen molar-refractivity contribution in [1.29, 1.82) is 0 Å². The quantitative estimate of drug-likeness (QED) is 0.793. The minimum atomic E-state index is -0.133. The van der Waals surface area contributed by atoms with E-state index in [-0.39, 0.29) is 11.4 Å². The number of primary amides is 1. The first kappa shape index (κ1) is 12.8. The molecule has 2 N–H and O–H groups in total. The second-order valence-corrected chi connectivity index (χ2v) is 5.72. The van der Waals surface area contributed by atoms with Crippen molar-refractivity contribution in [3.63, 3.8) is 0 Å². The summed E-state index contributed by atoms with van der Waals surface area (Å²) in [5.41, 5.74) is 5.56. The van der Waals surface area contributed by atoms with E-state index in [1.54, 1.807) is 0 Å². The molecule has 0 aromatic rings. The summed E-state index contributed by atoms with van der Waals surface area (Å²) >= 11 is 0. The fraction of sp³-hybridized carbons (Fsp3) is 0.923. The average Bonchev–Trinajstić information content (AvgIpc) is 2.30. The number of rotatable bonds is 3. The number of carbonyl (C=O) groups excluding carboxylic acids is 1. The Balaban J connectivity index is 2.06. The molecule has 0 aromatic heterocycles. The molecular formula is C13H25N3O. The van der Waals surface area contributed by atoms with E-state index < -0.39 is 0 Å². The molecule has 2 fully saturated rings. The summed E-state index contributed by atoms with van der Waals surface area (Å²) in [6, 6.07) is 0. The van der Waals surface area contributed by atoms with Crippen LogP contribution in [0.1, 0.15) is 38.5 Å². The van der Waals surface area contributed by atoms with Crippen molar-refractivity contribution in [1.82, 2.24) is 9.80 Å². The first-order valence-corrected chi connectivity index (χ1v) is 6.84. The Morgan fingerprint density at radius 1 is 1.12 bits per heavy atom. The lowest BCUT2D eigenvalue weighted by Crippen LogP contribution is -2.58. The van der Waals surface area contributed by atoms with Crippen molar-refractivity contribution < 1.29 is 4.79 Å². The molecule has 4 nitrogen and oxygen atoms in total. The normalized spacial score (nSPS) is 26.9. The highest BCUT2D eigenvalue weighted by molar-refractivity contribution is 5.75. The molecule has 0 radical (unpaired) electrons. The van der Waals surface area contributed by atoms with Crippen molar-refractivity contribution in [2.75, 3.05) is 33.2 Å². The van der Waals surface area contributed by atoms with Gasteiger partial charge in [0.1, 0.15) is 0 Å². The number of piperazine rings is 1. The monoisotopic (exact) mass is 239 g/mol. The maximum Gasteiger partial charge on any atom is 0.219 e. The molecule has 1 aliphatic carbocycles. The predicted molar refractivity (Wildman–Crippen MR) is 68.7 cm³/mol. The van der Waals surface area contributed by atoms with Gasteiger partial charge in [0.2, 0.25) is 5.91 Å². The Labute approximate surface area is 104 Å². The van der Waals surface area contributed by atoms with Crippen molar-refractivity contribution >= 4 is 5.91 Å². The summed E-state index contributed by atoms with van der Waals surface area (Å²) in [4.78, 5) is 16.3. The number of likely N-dealkylation sites (N-methyl/N-ethyl adjacent to an activating group) is 1. The summed E-state index contributed by atoms with van der Waals surface area (Å²) in [5, 5.41) is 0. The van der Waals surface area contributed by atoms with Gasteiger partial charge in [-0.25, -0.2) is 0 Å². The smallest absolute Gasteiger partial charge is 0.219 e. The molecule has 2 rings (SSSR count). The second kappa shape index (κ2) is 5.36. The van der Waals surface area contributed by atoms with Gasteiger partial charge in [-0.1, -0.05) is 19.3 Å². The van der Waals surface area contributed by atoms with Gasteiger partial charge in [-0.15, -0.1) is 0 Å². The van der Waals surface area contributed by atoms with Crippen LogP contribution in [-0.4, -0.2) is 54.5 Å². The number of hydrogen-bond donors (Lipinski definition) is 1. The Morgan fingerprint density at radius 3 is 2.24 bits per heavy atom. The van der Waals surface area contributed by atoms with Crippen molar-refractivity contribution in [3.8, 4) is 0 Å². The lowest BCUT2D eigenvalue weighted by atomic mass is 9.77. The van der Waals surface area contributed by atoms with Crippen LogP contribution in [0.5, 0.6) is 0 Å². The van der Waals surface area contributed by atoms with Gasteiger partial charge in [-0.2, -0.15) is 0 Å². The van der Waals surface area contributed by atoms with Crippen molar-refractivity contribution in [2.45, 2.75) is 44.1 Å². The van der Waals surface area contributed by atoms with Crippen LogP contribution < -0.4 is 5.73 Å². The van der Waals surface area contributed by atoms with Gasteiger partial charge < -0.3 is 10.6 Å². The van der Waals surface area contributed by atoms with E-state index in [0.717, 1.165) is 39.0 Å². The van der Waals surface area contributed by atoms with E-state index in [0.29, 0.717) is 6.42 Å². The van der Waals surface area contributed by atoms with Crippen LogP contribution in [0.2, 0.25) is 0 Å². The third-order valence-corrected chi connectivity index (χ3v) is 4.46. The predicted octanol–water partition coefficient (Wildman–Crippen LogP) is 0.812. The third kappa shape index (κ3) is 2.99. The summed E-state index contributed by atoms with van der Waals surface area (Å²) < 4.78 is 0.